The molecule has 2 aromatic carbocycles. The number of aromatic hydroxyl groups is 1. The molecule has 16 heteroatoms. The lowest BCUT2D eigenvalue weighted by Crippen LogP contribution is -2.57. The third-order valence-electron chi connectivity index (χ3n) is 7.64. The van der Waals surface area contributed by atoms with Gasteiger partial charge in [0.1, 0.15) is 29.9 Å². The lowest BCUT2D eigenvalue weighted by molar-refractivity contribution is -0.142. The zero-order valence-corrected chi connectivity index (χ0v) is 29.2. The summed E-state index contributed by atoms with van der Waals surface area (Å²) < 4.78 is 0. The molecule has 0 aliphatic heterocycles. The van der Waals surface area contributed by atoms with Crippen LogP contribution in [0, 0.1) is 0 Å². The van der Waals surface area contributed by atoms with Gasteiger partial charge >= 0.3 is 5.97 Å². The first-order valence-electron chi connectivity index (χ1n) is 16.3. The summed E-state index contributed by atoms with van der Waals surface area (Å²) in [6.07, 6.45) is 3.53. The molecule has 2 rings (SSSR count). The molecule has 274 valence electrons. The monoisotopic (exact) mass is 715 g/mol. The molecule has 0 heterocycles. The molecule has 0 saturated heterocycles. The number of nitrogens with one attached hydrogen (secondary N) is 5. The molecule has 50 heavy (non-hydrogen) atoms. The fourth-order valence-electron chi connectivity index (χ4n) is 4.79. The van der Waals surface area contributed by atoms with Crippen molar-refractivity contribution in [3.05, 3.63) is 65.7 Å². The van der Waals surface area contributed by atoms with Crippen molar-refractivity contribution >= 4 is 47.3 Å². The molecule has 5 atom stereocenters. The Morgan fingerprint density at radius 3 is 1.98 bits per heavy atom. The largest absolute Gasteiger partial charge is 0.508 e. The maximum Gasteiger partial charge on any atom is 0.326 e. The Kier molecular flexibility index (Phi) is 18.4. The number of unbranched alkanes of at least 4 members (excludes halogenated alkanes) is 1. The zero-order valence-electron chi connectivity index (χ0n) is 28.4. The van der Waals surface area contributed by atoms with Gasteiger partial charge < -0.3 is 48.3 Å². The highest BCUT2D eigenvalue weighted by Gasteiger charge is 2.30. The first kappa shape index (κ1) is 41.5. The summed E-state index contributed by atoms with van der Waals surface area (Å²) in [6.45, 7) is 1.30. The fraction of sp³-hybridized carbons (Fsp3) is 0.471. The number of aliphatic carboxylic acids is 1. The van der Waals surface area contributed by atoms with E-state index in [9.17, 15) is 39.0 Å². The van der Waals surface area contributed by atoms with Crippen LogP contribution >= 0.6 is 11.8 Å². The van der Waals surface area contributed by atoms with Gasteiger partial charge in [-0.2, -0.15) is 11.8 Å². The van der Waals surface area contributed by atoms with E-state index in [0.717, 1.165) is 0 Å². The summed E-state index contributed by atoms with van der Waals surface area (Å²) in [5.41, 5.74) is 12.9. The highest BCUT2D eigenvalue weighted by molar-refractivity contribution is 7.98. The molecule has 5 amide bonds. The Bertz CT molecular complexity index is 1410. The third kappa shape index (κ3) is 15.3. The Labute approximate surface area is 296 Å². The average Bonchev–Trinajstić information content (AvgIpc) is 3.09. The molecule has 11 N–H and O–H groups in total. The Morgan fingerprint density at radius 2 is 1.36 bits per heavy atom. The molecule has 0 saturated carbocycles. The maximum absolute atomic E-state index is 13.6. The van der Waals surface area contributed by atoms with Gasteiger partial charge in [0, 0.05) is 6.42 Å². The second-order valence-electron chi connectivity index (χ2n) is 11.8. The van der Waals surface area contributed by atoms with Crippen LogP contribution in [0.5, 0.6) is 5.75 Å². The number of hydrogen-bond donors (Lipinski definition) is 9. The van der Waals surface area contributed by atoms with Crippen molar-refractivity contribution < 1.29 is 39.0 Å². The number of carboxylic acids is 1. The van der Waals surface area contributed by atoms with Crippen molar-refractivity contribution in [1.82, 2.24) is 26.6 Å². The smallest absolute Gasteiger partial charge is 0.326 e. The van der Waals surface area contributed by atoms with Crippen LogP contribution in [0.1, 0.15) is 43.7 Å². The number of hydrogen-bond acceptors (Lipinski definition) is 10. The molecule has 0 unspecified atom stereocenters. The number of amides is 5. The van der Waals surface area contributed by atoms with Gasteiger partial charge in [-0.3, -0.25) is 24.0 Å². The number of phenols is 1. The van der Waals surface area contributed by atoms with Gasteiger partial charge in [-0.25, -0.2) is 4.79 Å². The molecule has 15 nitrogen and oxygen atoms in total. The predicted octanol–water partition coefficient (Wildman–Crippen LogP) is -0.453. The fourth-order valence-corrected chi connectivity index (χ4v) is 5.26. The summed E-state index contributed by atoms with van der Waals surface area (Å²) in [6, 6.07) is 9.66. The first-order valence-corrected chi connectivity index (χ1v) is 17.7. The van der Waals surface area contributed by atoms with Crippen LogP contribution in [0.25, 0.3) is 0 Å². The summed E-state index contributed by atoms with van der Waals surface area (Å²) in [5.74, 6) is -3.93. The number of benzene rings is 2. The van der Waals surface area contributed by atoms with Crippen LogP contribution in [0.2, 0.25) is 0 Å². The first-order chi connectivity index (χ1) is 23.8. The highest BCUT2D eigenvalue weighted by Crippen LogP contribution is 2.11. The van der Waals surface area contributed by atoms with Crippen LogP contribution in [0.15, 0.2) is 54.6 Å². The molecule has 0 spiro atoms. The van der Waals surface area contributed by atoms with E-state index in [0.29, 0.717) is 36.3 Å². The lowest BCUT2D eigenvalue weighted by atomic mass is 10.0. The normalized spacial score (nSPS) is 13.8. The lowest BCUT2D eigenvalue weighted by Gasteiger charge is -2.25. The van der Waals surface area contributed by atoms with Gasteiger partial charge in [-0.05, 0) is 80.8 Å². The molecule has 0 aromatic heterocycles. The predicted molar refractivity (Wildman–Crippen MR) is 190 cm³/mol. The summed E-state index contributed by atoms with van der Waals surface area (Å²) in [7, 11) is 0. The standard InChI is InChI=1S/C34H49N7O8S/c1-21(38-31(45)25(36)18-23-11-13-24(42)14-12-23)30(44)37-20-29(43)39-28(19-22-8-4-3-5-9-22)33(47)40-26(15-17-50-2)32(46)41-27(34(48)49)10-6-7-16-35/h3-5,8-9,11-14,21,25-28,42H,6-7,10,15-20,35-36H2,1-2H3,(H,37,44)(H,38,45)(H,39,43)(H,40,47)(H,41,46)(H,48,49)/t21-,25-,26-,27-,28-/m0/s1. The SMILES string of the molecule is CSCC[C@H](NC(=O)[C@H](Cc1ccccc1)NC(=O)CNC(=O)[C@H](C)NC(=O)[C@@H](N)Cc1ccc(O)cc1)C(=O)N[C@@H](CCCCN)C(=O)O. The number of thioether (sulfide) groups is 1. The molecule has 0 aliphatic rings. The van der Waals surface area contributed by atoms with Crippen LogP contribution in [0.3, 0.4) is 0 Å². The number of rotatable bonds is 22. The molecule has 0 bridgehead atoms. The van der Waals surface area contributed by atoms with Crippen molar-refractivity contribution in [3.63, 3.8) is 0 Å². The number of carbonyl (C=O) groups excluding carboxylic acids is 5. The van der Waals surface area contributed by atoms with E-state index in [1.807, 2.05) is 6.26 Å². The summed E-state index contributed by atoms with van der Waals surface area (Å²) in [5, 5.41) is 31.8. The summed E-state index contributed by atoms with van der Waals surface area (Å²) >= 11 is 1.44. The second-order valence-corrected chi connectivity index (χ2v) is 12.7. The van der Waals surface area contributed by atoms with E-state index in [-0.39, 0.29) is 31.4 Å². The van der Waals surface area contributed by atoms with E-state index >= 15 is 0 Å². The van der Waals surface area contributed by atoms with E-state index in [4.69, 9.17) is 11.5 Å². The third-order valence-corrected chi connectivity index (χ3v) is 8.29. The molecule has 0 fully saturated rings. The van der Waals surface area contributed by atoms with Gasteiger partial charge in [0.2, 0.25) is 29.5 Å². The van der Waals surface area contributed by atoms with E-state index in [1.54, 1.807) is 42.5 Å². The number of phenolic OH excluding ortho intramolecular Hbond substituents is 1. The quantitative estimate of drug-likeness (QED) is 0.0706. The van der Waals surface area contributed by atoms with Crippen molar-refractivity contribution in [2.45, 2.75) is 75.7 Å². The van der Waals surface area contributed by atoms with E-state index < -0.39 is 72.3 Å². The molecular formula is C34H49N7O8S. The number of carboxylic acid groups (broad SMARTS) is 1. The van der Waals surface area contributed by atoms with Crippen LogP contribution in [-0.4, -0.2) is 101 Å². The van der Waals surface area contributed by atoms with Crippen molar-refractivity contribution in [2.75, 3.05) is 25.1 Å². The van der Waals surface area contributed by atoms with Gasteiger partial charge in [0.25, 0.3) is 0 Å². The molecule has 0 aliphatic carbocycles. The zero-order chi connectivity index (χ0) is 37.1. The van der Waals surface area contributed by atoms with Crippen LogP contribution in [0.4, 0.5) is 0 Å². The van der Waals surface area contributed by atoms with Crippen LogP contribution in [-0.2, 0) is 41.6 Å². The molecule has 0 radical (unpaired) electrons. The summed E-state index contributed by atoms with van der Waals surface area (Å²) in [4.78, 5) is 76.8. The van der Waals surface area contributed by atoms with Gasteiger partial charge in [-0.1, -0.05) is 42.5 Å². The topological polar surface area (TPSA) is 255 Å². The molecular weight excluding hydrogens is 666 g/mol. The number of carbonyl (C=O) groups is 6. The minimum Gasteiger partial charge on any atom is -0.508 e. The van der Waals surface area contributed by atoms with Crippen molar-refractivity contribution in [2.24, 2.45) is 11.5 Å². The average molecular weight is 716 g/mol. The Hall–Kier alpha value is -4.67. The maximum atomic E-state index is 13.6. The van der Waals surface area contributed by atoms with Crippen molar-refractivity contribution in [3.8, 4) is 5.75 Å². The Morgan fingerprint density at radius 1 is 0.740 bits per heavy atom. The molecule has 2 aromatic rings. The van der Waals surface area contributed by atoms with Gasteiger partial charge in [-0.15, -0.1) is 0 Å². The minimum absolute atomic E-state index is 0.0610. The highest BCUT2D eigenvalue weighted by atomic mass is 32.2. The van der Waals surface area contributed by atoms with Crippen molar-refractivity contribution in [1.29, 1.82) is 0 Å². The van der Waals surface area contributed by atoms with E-state index in [1.165, 1.54) is 30.8 Å². The van der Waals surface area contributed by atoms with Gasteiger partial charge in [0.05, 0.1) is 12.6 Å². The van der Waals surface area contributed by atoms with Crippen LogP contribution < -0.4 is 38.1 Å². The minimum atomic E-state index is -1.20. The second kappa shape index (κ2) is 22.1. The van der Waals surface area contributed by atoms with E-state index in [2.05, 4.69) is 26.6 Å². The number of nitrogens with two attached hydrogens (primary N) is 2. The van der Waals surface area contributed by atoms with Gasteiger partial charge in [0.15, 0.2) is 0 Å². The Balaban J connectivity index is 2.04.